The Morgan fingerprint density at radius 3 is 2.09 bits per heavy atom. The van der Waals surface area contributed by atoms with E-state index in [9.17, 15) is 4.21 Å². The molecule has 0 unspecified atom stereocenters. The molecule has 3 nitrogen and oxygen atoms in total. The van der Waals surface area contributed by atoms with Crippen LogP contribution >= 0.6 is 0 Å². The van der Waals surface area contributed by atoms with Gasteiger partial charge < -0.3 is 0 Å². The summed E-state index contributed by atoms with van der Waals surface area (Å²) in [5.74, 6) is 0. The van der Waals surface area contributed by atoms with Crippen LogP contribution in [-0.4, -0.2) is 16.4 Å². The first-order chi connectivity index (χ1) is 5.26. The van der Waals surface area contributed by atoms with Crippen molar-refractivity contribution in [1.29, 1.82) is 0 Å². The molecule has 1 aliphatic rings. The Labute approximate surface area is 69.9 Å². The van der Waals surface area contributed by atoms with E-state index >= 15 is 0 Å². The summed E-state index contributed by atoms with van der Waals surface area (Å²) in [5, 5.41) is 0. The number of hydrogen-bond acceptors (Lipinski definition) is 3. The summed E-state index contributed by atoms with van der Waals surface area (Å²) < 4.78 is 20.9. The molecule has 1 saturated heterocycles. The molecule has 0 spiro atoms. The summed E-state index contributed by atoms with van der Waals surface area (Å²) in [4.78, 5) is 0. The first-order valence-electron chi connectivity index (χ1n) is 4.02. The quantitative estimate of drug-likeness (QED) is 0.643. The zero-order chi connectivity index (χ0) is 8.27. The van der Waals surface area contributed by atoms with E-state index in [2.05, 4.69) is 0 Å². The Balaban J connectivity index is 2.43. The third kappa shape index (κ3) is 2.54. The molecular formula is C7H14O3S. The average molecular weight is 178 g/mol. The van der Waals surface area contributed by atoms with Gasteiger partial charge in [0.1, 0.15) is 0 Å². The number of rotatable bonds is 2. The standard InChI is InChI=1S/C7H14O3S/c1-3-6-5-7(4-2)10-11(8)9-6/h6-7H,3-5H2,1-2H3/t6-,7-/m0/s1. The van der Waals surface area contributed by atoms with Gasteiger partial charge in [-0.05, 0) is 12.8 Å². The lowest BCUT2D eigenvalue weighted by atomic mass is 10.1. The molecule has 0 radical (unpaired) electrons. The van der Waals surface area contributed by atoms with E-state index in [1.165, 1.54) is 0 Å². The van der Waals surface area contributed by atoms with Crippen LogP contribution in [0.1, 0.15) is 33.1 Å². The molecule has 1 fully saturated rings. The Hall–Kier alpha value is 0.0700. The molecule has 0 aromatic rings. The molecule has 0 bridgehead atoms. The first-order valence-corrected chi connectivity index (χ1v) is 5.02. The summed E-state index contributed by atoms with van der Waals surface area (Å²) in [6, 6.07) is 0. The molecule has 0 N–H and O–H groups in total. The van der Waals surface area contributed by atoms with Crippen LogP contribution in [0.5, 0.6) is 0 Å². The highest BCUT2D eigenvalue weighted by molar-refractivity contribution is 7.75. The van der Waals surface area contributed by atoms with Gasteiger partial charge in [-0.15, -0.1) is 0 Å². The summed E-state index contributed by atoms with van der Waals surface area (Å²) in [5.41, 5.74) is 0. The second-order valence-electron chi connectivity index (χ2n) is 2.69. The van der Waals surface area contributed by atoms with Gasteiger partial charge in [0.05, 0.1) is 12.2 Å². The van der Waals surface area contributed by atoms with Crippen molar-refractivity contribution < 1.29 is 12.6 Å². The van der Waals surface area contributed by atoms with Crippen LogP contribution in [0.25, 0.3) is 0 Å². The van der Waals surface area contributed by atoms with Crippen molar-refractivity contribution >= 4 is 11.4 Å². The topological polar surface area (TPSA) is 35.5 Å². The molecule has 11 heavy (non-hydrogen) atoms. The molecule has 0 aromatic heterocycles. The van der Waals surface area contributed by atoms with Crippen molar-refractivity contribution in [3.63, 3.8) is 0 Å². The van der Waals surface area contributed by atoms with Gasteiger partial charge in [0.2, 0.25) is 0 Å². The predicted octanol–water partition coefficient (Wildman–Crippen LogP) is 1.56. The molecule has 1 rings (SSSR count). The van der Waals surface area contributed by atoms with Crippen molar-refractivity contribution in [2.24, 2.45) is 0 Å². The van der Waals surface area contributed by atoms with Crippen LogP contribution in [-0.2, 0) is 19.7 Å². The molecule has 2 atom stereocenters. The predicted molar refractivity (Wildman–Crippen MR) is 43.1 cm³/mol. The zero-order valence-electron chi connectivity index (χ0n) is 6.91. The second-order valence-corrected chi connectivity index (χ2v) is 3.49. The van der Waals surface area contributed by atoms with Crippen LogP contribution in [0.3, 0.4) is 0 Å². The normalized spacial score (nSPS) is 38.9. The second kappa shape index (κ2) is 4.18. The van der Waals surface area contributed by atoms with E-state index in [1.807, 2.05) is 13.8 Å². The Morgan fingerprint density at radius 1 is 1.27 bits per heavy atom. The van der Waals surface area contributed by atoms with Gasteiger partial charge in [0, 0.05) is 6.42 Å². The van der Waals surface area contributed by atoms with Gasteiger partial charge in [0.25, 0.3) is 0 Å². The van der Waals surface area contributed by atoms with Crippen LogP contribution in [0.4, 0.5) is 0 Å². The van der Waals surface area contributed by atoms with E-state index in [-0.39, 0.29) is 12.2 Å². The minimum Gasteiger partial charge on any atom is -0.265 e. The van der Waals surface area contributed by atoms with Crippen LogP contribution in [0.2, 0.25) is 0 Å². The van der Waals surface area contributed by atoms with Crippen molar-refractivity contribution in [1.82, 2.24) is 0 Å². The fourth-order valence-electron chi connectivity index (χ4n) is 1.09. The fraction of sp³-hybridized carbons (Fsp3) is 1.00. The van der Waals surface area contributed by atoms with Crippen LogP contribution in [0, 0.1) is 0 Å². The average Bonchev–Trinajstić information content (AvgIpc) is 2.03. The maximum Gasteiger partial charge on any atom is 0.305 e. The summed E-state index contributed by atoms with van der Waals surface area (Å²) in [6.45, 7) is 4.06. The molecular weight excluding hydrogens is 164 g/mol. The molecule has 4 heteroatoms. The van der Waals surface area contributed by atoms with Crippen molar-refractivity contribution in [2.45, 2.75) is 45.3 Å². The molecule has 66 valence electrons. The molecule has 0 amide bonds. The van der Waals surface area contributed by atoms with Gasteiger partial charge in [-0.25, -0.2) is 0 Å². The highest BCUT2D eigenvalue weighted by Gasteiger charge is 2.25. The van der Waals surface area contributed by atoms with E-state index in [0.29, 0.717) is 0 Å². The van der Waals surface area contributed by atoms with Crippen molar-refractivity contribution in [2.75, 3.05) is 0 Å². The van der Waals surface area contributed by atoms with E-state index < -0.39 is 11.4 Å². The molecule has 0 saturated carbocycles. The lowest BCUT2D eigenvalue weighted by Gasteiger charge is -2.25. The lowest BCUT2D eigenvalue weighted by Crippen LogP contribution is -2.30. The third-order valence-electron chi connectivity index (χ3n) is 1.87. The SMILES string of the molecule is CC[C@H]1C[C@H](CC)OS(=O)O1. The minimum atomic E-state index is -1.50. The third-order valence-corrected chi connectivity index (χ3v) is 2.72. The van der Waals surface area contributed by atoms with Gasteiger partial charge >= 0.3 is 11.4 Å². The summed E-state index contributed by atoms with van der Waals surface area (Å²) >= 11 is -1.50. The van der Waals surface area contributed by atoms with Crippen LogP contribution < -0.4 is 0 Å². The molecule has 0 aliphatic carbocycles. The Morgan fingerprint density at radius 2 is 1.73 bits per heavy atom. The van der Waals surface area contributed by atoms with Crippen LogP contribution in [0.15, 0.2) is 0 Å². The van der Waals surface area contributed by atoms with E-state index in [4.69, 9.17) is 8.37 Å². The molecule has 0 aromatic carbocycles. The number of hydrogen-bond donors (Lipinski definition) is 0. The lowest BCUT2D eigenvalue weighted by molar-refractivity contribution is 0.0550. The van der Waals surface area contributed by atoms with Gasteiger partial charge in [-0.2, -0.15) is 4.21 Å². The van der Waals surface area contributed by atoms with Crippen molar-refractivity contribution in [3.05, 3.63) is 0 Å². The monoisotopic (exact) mass is 178 g/mol. The smallest absolute Gasteiger partial charge is 0.265 e. The van der Waals surface area contributed by atoms with E-state index in [1.54, 1.807) is 0 Å². The molecule has 1 aliphatic heterocycles. The Kier molecular flexibility index (Phi) is 3.48. The Bertz CT molecular complexity index is 135. The van der Waals surface area contributed by atoms with Crippen molar-refractivity contribution in [3.8, 4) is 0 Å². The highest BCUT2D eigenvalue weighted by atomic mass is 32.2. The summed E-state index contributed by atoms with van der Waals surface area (Å²) in [6.07, 6.45) is 2.93. The minimum absolute atomic E-state index is 0.120. The van der Waals surface area contributed by atoms with Gasteiger partial charge in [-0.1, -0.05) is 13.8 Å². The zero-order valence-corrected chi connectivity index (χ0v) is 7.73. The first kappa shape index (κ1) is 9.16. The summed E-state index contributed by atoms with van der Waals surface area (Å²) in [7, 11) is 0. The largest absolute Gasteiger partial charge is 0.305 e. The maximum absolute atomic E-state index is 10.9. The fourth-order valence-corrected chi connectivity index (χ4v) is 2.01. The van der Waals surface area contributed by atoms with Gasteiger partial charge in [0.15, 0.2) is 0 Å². The van der Waals surface area contributed by atoms with E-state index in [0.717, 1.165) is 19.3 Å². The maximum atomic E-state index is 10.9. The molecule has 1 heterocycles. The van der Waals surface area contributed by atoms with Gasteiger partial charge in [-0.3, -0.25) is 8.37 Å². The highest BCUT2D eigenvalue weighted by Crippen LogP contribution is 2.20.